The predicted molar refractivity (Wildman–Crippen MR) is 104 cm³/mol. The highest BCUT2D eigenvalue weighted by Gasteiger charge is 1.99. The summed E-state index contributed by atoms with van der Waals surface area (Å²) in [5.74, 6) is 0.405. The van der Waals surface area contributed by atoms with E-state index in [1.54, 1.807) is 0 Å². The quantitative estimate of drug-likeness (QED) is 0.188. The van der Waals surface area contributed by atoms with Crippen molar-refractivity contribution >= 4 is 5.78 Å². The van der Waals surface area contributed by atoms with Gasteiger partial charge in [0.05, 0.1) is 0 Å². The monoisotopic (exact) mass is 320 g/mol. The van der Waals surface area contributed by atoms with Crippen molar-refractivity contribution < 1.29 is 4.79 Å². The van der Waals surface area contributed by atoms with Crippen LogP contribution in [0, 0.1) is 0 Å². The average Bonchev–Trinajstić information content (AvgIpc) is 2.56. The first-order chi connectivity index (χ1) is 11.3. The summed E-state index contributed by atoms with van der Waals surface area (Å²) in [6.45, 7) is 5.92. The number of hydrogen-bond acceptors (Lipinski definition) is 1. The van der Waals surface area contributed by atoms with Gasteiger partial charge in [0.2, 0.25) is 0 Å². The molecular formula is C22H40O. The fraction of sp³-hybridized carbons (Fsp3) is 0.773. The fourth-order valence-corrected chi connectivity index (χ4v) is 2.78. The van der Waals surface area contributed by atoms with Crippen LogP contribution in [-0.4, -0.2) is 5.78 Å². The molecule has 0 unspecified atom stereocenters. The molecule has 0 heterocycles. The van der Waals surface area contributed by atoms with Crippen molar-refractivity contribution in [3.8, 4) is 0 Å². The van der Waals surface area contributed by atoms with Crippen molar-refractivity contribution in [3.63, 3.8) is 0 Å². The summed E-state index contributed by atoms with van der Waals surface area (Å²) in [7, 11) is 0. The normalized spacial score (nSPS) is 11.2. The standard InChI is InChI=1S/C22H40O/c1-3-5-7-8-9-10-11-12-13-14-15-16-17-18-19-21-22(23)20-6-4-2/h4,12-13H,2-3,5-11,14-21H2,1H3. The van der Waals surface area contributed by atoms with Gasteiger partial charge in [-0.1, -0.05) is 76.5 Å². The Hall–Kier alpha value is -0.850. The molecule has 0 amide bonds. The van der Waals surface area contributed by atoms with Crippen LogP contribution in [-0.2, 0) is 4.79 Å². The summed E-state index contributed by atoms with van der Waals surface area (Å²) in [4.78, 5) is 11.5. The molecular weight excluding hydrogens is 280 g/mol. The molecule has 0 aliphatic rings. The first-order valence-corrected chi connectivity index (χ1v) is 10.1. The molecule has 0 bridgehead atoms. The van der Waals surface area contributed by atoms with Crippen LogP contribution in [0.25, 0.3) is 0 Å². The lowest BCUT2D eigenvalue weighted by Crippen LogP contribution is -1.96. The number of carbonyl (C=O) groups excluding carboxylic acids is 1. The van der Waals surface area contributed by atoms with Gasteiger partial charge in [-0.2, -0.15) is 0 Å². The van der Waals surface area contributed by atoms with Gasteiger partial charge in [0.15, 0.2) is 0 Å². The second-order valence-corrected chi connectivity index (χ2v) is 6.70. The Morgan fingerprint density at radius 3 is 1.78 bits per heavy atom. The van der Waals surface area contributed by atoms with Crippen LogP contribution in [0.4, 0.5) is 0 Å². The maximum absolute atomic E-state index is 11.5. The number of hydrogen-bond donors (Lipinski definition) is 0. The summed E-state index contributed by atoms with van der Waals surface area (Å²) in [5.41, 5.74) is 0. The number of ketones is 1. The minimum atomic E-state index is 0.405. The first kappa shape index (κ1) is 22.1. The van der Waals surface area contributed by atoms with Crippen LogP contribution < -0.4 is 0 Å². The minimum Gasteiger partial charge on any atom is -0.300 e. The lowest BCUT2D eigenvalue weighted by molar-refractivity contribution is -0.119. The van der Waals surface area contributed by atoms with E-state index in [1.165, 1.54) is 77.0 Å². The third kappa shape index (κ3) is 19.1. The third-order valence-electron chi connectivity index (χ3n) is 4.34. The zero-order valence-electron chi connectivity index (χ0n) is 15.7. The van der Waals surface area contributed by atoms with Gasteiger partial charge >= 0.3 is 0 Å². The maximum atomic E-state index is 11.5. The number of Topliss-reactive ketones (excluding diaryl/α,β-unsaturated/α-hetero) is 1. The topological polar surface area (TPSA) is 17.1 Å². The van der Waals surface area contributed by atoms with E-state index in [-0.39, 0.29) is 0 Å². The molecule has 23 heavy (non-hydrogen) atoms. The zero-order chi connectivity index (χ0) is 17.0. The number of carbonyl (C=O) groups is 1. The van der Waals surface area contributed by atoms with Gasteiger partial charge in [0, 0.05) is 12.8 Å². The molecule has 0 aromatic carbocycles. The van der Waals surface area contributed by atoms with Crippen molar-refractivity contribution in [1.82, 2.24) is 0 Å². The molecule has 0 atom stereocenters. The van der Waals surface area contributed by atoms with Crippen molar-refractivity contribution in [2.45, 2.75) is 110 Å². The van der Waals surface area contributed by atoms with Gasteiger partial charge in [-0.3, -0.25) is 4.79 Å². The van der Waals surface area contributed by atoms with Crippen LogP contribution in [0.5, 0.6) is 0 Å². The summed E-state index contributed by atoms with van der Waals surface area (Å²) >= 11 is 0. The average molecular weight is 321 g/mol. The van der Waals surface area contributed by atoms with E-state index >= 15 is 0 Å². The molecule has 134 valence electrons. The molecule has 0 saturated carbocycles. The smallest absolute Gasteiger partial charge is 0.133 e. The molecule has 1 nitrogen and oxygen atoms in total. The van der Waals surface area contributed by atoms with Crippen molar-refractivity contribution in [2.24, 2.45) is 0 Å². The second-order valence-electron chi connectivity index (χ2n) is 6.70. The van der Waals surface area contributed by atoms with Gasteiger partial charge < -0.3 is 0 Å². The number of allylic oxidation sites excluding steroid dienone is 3. The van der Waals surface area contributed by atoms with Crippen molar-refractivity contribution in [3.05, 3.63) is 24.8 Å². The fourth-order valence-electron chi connectivity index (χ4n) is 2.78. The summed E-state index contributed by atoms with van der Waals surface area (Å²) < 4.78 is 0. The second kappa shape index (κ2) is 19.2. The summed E-state index contributed by atoms with van der Waals surface area (Å²) in [6, 6.07) is 0. The molecule has 1 heteroatoms. The van der Waals surface area contributed by atoms with E-state index in [0.29, 0.717) is 12.2 Å². The number of unbranched alkanes of at least 4 members (excludes halogenated alkanes) is 11. The third-order valence-corrected chi connectivity index (χ3v) is 4.34. The molecule has 0 aromatic rings. The molecule has 0 N–H and O–H groups in total. The highest BCUT2D eigenvalue weighted by molar-refractivity contribution is 5.78. The van der Waals surface area contributed by atoms with Crippen LogP contribution in [0.1, 0.15) is 110 Å². The highest BCUT2D eigenvalue weighted by Crippen LogP contribution is 2.10. The van der Waals surface area contributed by atoms with E-state index in [1.807, 2.05) is 6.08 Å². The Labute approximate surface area is 145 Å². The molecule has 0 fully saturated rings. The van der Waals surface area contributed by atoms with Gasteiger partial charge in [-0.25, -0.2) is 0 Å². The Morgan fingerprint density at radius 1 is 0.696 bits per heavy atom. The zero-order valence-corrected chi connectivity index (χ0v) is 15.7. The van der Waals surface area contributed by atoms with Crippen LogP contribution in [0.15, 0.2) is 24.8 Å². The van der Waals surface area contributed by atoms with E-state index in [0.717, 1.165) is 19.3 Å². The van der Waals surface area contributed by atoms with Crippen LogP contribution in [0.2, 0.25) is 0 Å². The first-order valence-electron chi connectivity index (χ1n) is 10.1. The van der Waals surface area contributed by atoms with E-state index in [2.05, 4.69) is 25.7 Å². The van der Waals surface area contributed by atoms with Crippen molar-refractivity contribution in [2.75, 3.05) is 0 Å². The Morgan fingerprint density at radius 2 is 1.22 bits per heavy atom. The molecule has 0 aromatic heterocycles. The van der Waals surface area contributed by atoms with Gasteiger partial charge in [0.25, 0.3) is 0 Å². The Kier molecular flexibility index (Phi) is 18.5. The van der Waals surface area contributed by atoms with E-state index < -0.39 is 0 Å². The SMILES string of the molecule is C=CCCC(=O)CCCCCCCC=CCCCCCCCC. The van der Waals surface area contributed by atoms with Crippen LogP contribution >= 0.6 is 0 Å². The van der Waals surface area contributed by atoms with Crippen molar-refractivity contribution in [1.29, 1.82) is 0 Å². The highest BCUT2D eigenvalue weighted by atomic mass is 16.1. The molecule has 0 aliphatic carbocycles. The molecule has 0 aliphatic heterocycles. The predicted octanol–water partition coefficient (Wildman–Crippen LogP) is 7.56. The molecule has 0 saturated heterocycles. The van der Waals surface area contributed by atoms with E-state index in [9.17, 15) is 4.79 Å². The Balaban J connectivity index is 3.16. The van der Waals surface area contributed by atoms with Crippen LogP contribution in [0.3, 0.4) is 0 Å². The maximum Gasteiger partial charge on any atom is 0.133 e. The largest absolute Gasteiger partial charge is 0.300 e. The van der Waals surface area contributed by atoms with E-state index in [4.69, 9.17) is 0 Å². The molecule has 0 radical (unpaired) electrons. The number of rotatable bonds is 18. The molecule has 0 rings (SSSR count). The summed E-state index contributed by atoms with van der Waals surface area (Å²) in [5, 5.41) is 0. The van der Waals surface area contributed by atoms with Gasteiger partial charge in [-0.05, 0) is 38.5 Å². The minimum absolute atomic E-state index is 0.405. The lowest BCUT2D eigenvalue weighted by Gasteiger charge is -2.00. The lowest BCUT2D eigenvalue weighted by atomic mass is 10.1. The van der Waals surface area contributed by atoms with Gasteiger partial charge in [-0.15, -0.1) is 6.58 Å². The summed E-state index contributed by atoms with van der Waals surface area (Å²) in [6.07, 6.45) is 25.9. The van der Waals surface area contributed by atoms with Gasteiger partial charge in [0.1, 0.15) is 5.78 Å². The Bertz CT molecular complexity index is 290. The molecule has 0 spiro atoms.